The van der Waals surface area contributed by atoms with Crippen LogP contribution in [0.4, 0.5) is 0 Å². The fraction of sp³-hybridized carbons (Fsp3) is 0.750. The van der Waals surface area contributed by atoms with Crippen LogP contribution in [0.3, 0.4) is 0 Å². The van der Waals surface area contributed by atoms with E-state index in [-0.39, 0.29) is 0 Å². The Bertz CT molecular complexity index is 224. The fourth-order valence-electron chi connectivity index (χ4n) is 1.23. The highest BCUT2D eigenvalue weighted by atomic mass is 16.5. The van der Waals surface area contributed by atoms with Crippen molar-refractivity contribution in [3.8, 4) is 0 Å². The average molecular weight is 203 g/mol. The maximum atomic E-state index is 11.3. The Balaban J connectivity index is 2.41. The number of amides is 1. The SMILES string of the molecule is O=C(N[C@H](CO)C(=O)O)C1CCCO1. The Labute approximate surface area is 80.9 Å². The third-order valence-corrected chi connectivity index (χ3v) is 2.02. The zero-order valence-corrected chi connectivity index (χ0v) is 7.60. The quantitative estimate of drug-likeness (QED) is 0.529. The summed E-state index contributed by atoms with van der Waals surface area (Å²) in [5.41, 5.74) is 0. The standard InChI is InChI=1S/C8H13NO5/c10-4-5(8(12)13)9-7(11)6-2-1-3-14-6/h5-6,10H,1-4H2,(H,9,11)(H,12,13)/t5-,6?/m1/s1. The molecule has 2 atom stereocenters. The predicted octanol–water partition coefficient (Wildman–Crippen LogP) is -1.27. The maximum Gasteiger partial charge on any atom is 0.328 e. The van der Waals surface area contributed by atoms with E-state index < -0.39 is 30.6 Å². The number of ether oxygens (including phenoxy) is 1. The summed E-state index contributed by atoms with van der Waals surface area (Å²) < 4.78 is 5.05. The molecule has 0 aliphatic carbocycles. The van der Waals surface area contributed by atoms with E-state index in [1.165, 1.54) is 0 Å². The van der Waals surface area contributed by atoms with E-state index in [1.54, 1.807) is 0 Å². The Hall–Kier alpha value is -1.14. The van der Waals surface area contributed by atoms with Crippen LogP contribution in [0.2, 0.25) is 0 Å². The van der Waals surface area contributed by atoms with E-state index in [2.05, 4.69) is 5.32 Å². The van der Waals surface area contributed by atoms with Gasteiger partial charge in [0.1, 0.15) is 12.1 Å². The molecule has 1 rings (SSSR count). The maximum absolute atomic E-state index is 11.3. The first-order chi connectivity index (χ1) is 6.65. The molecule has 0 radical (unpaired) electrons. The fourth-order valence-corrected chi connectivity index (χ4v) is 1.23. The van der Waals surface area contributed by atoms with Crippen molar-refractivity contribution in [3.05, 3.63) is 0 Å². The van der Waals surface area contributed by atoms with Crippen molar-refractivity contribution in [2.24, 2.45) is 0 Å². The van der Waals surface area contributed by atoms with E-state index in [4.69, 9.17) is 14.9 Å². The number of carboxylic acids is 1. The molecule has 0 aromatic rings. The number of rotatable bonds is 4. The van der Waals surface area contributed by atoms with Crippen molar-refractivity contribution in [2.75, 3.05) is 13.2 Å². The van der Waals surface area contributed by atoms with Crippen LogP contribution in [-0.2, 0) is 14.3 Å². The van der Waals surface area contributed by atoms with Crippen molar-refractivity contribution >= 4 is 11.9 Å². The predicted molar refractivity (Wildman–Crippen MR) is 45.6 cm³/mol. The lowest BCUT2D eigenvalue weighted by molar-refractivity contribution is -0.144. The number of nitrogens with one attached hydrogen (secondary N) is 1. The lowest BCUT2D eigenvalue weighted by Gasteiger charge is -2.14. The number of aliphatic carboxylic acids is 1. The average Bonchev–Trinajstić information content (AvgIpc) is 2.65. The largest absolute Gasteiger partial charge is 0.480 e. The number of aliphatic hydroxyl groups excluding tert-OH is 1. The molecule has 0 aromatic heterocycles. The zero-order chi connectivity index (χ0) is 10.6. The molecule has 3 N–H and O–H groups in total. The molecule has 0 saturated carbocycles. The molecule has 1 aliphatic heterocycles. The van der Waals surface area contributed by atoms with Crippen LogP contribution < -0.4 is 5.32 Å². The Kier molecular flexibility index (Phi) is 3.84. The van der Waals surface area contributed by atoms with Crippen LogP contribution in [0.25, 0.3) is 0 Å². The van der Waals surface area contributed by atoms with Crippen molar-refractivity contribution in [3.63, 3.8) is 0 Å². The van der Waals surface area contributed by atoms with Crippen LogP contribution in [0, 0.1) is 0 Å². The van der Waals surface area contributed by atoms with Gasteiger partial charge in [-0.05, 0) is 12.8 Å². The highest BCUT2D eigenvalue weighted by Crippen LogP contribution is 2.11. The van der Waals surface area contributed by atoms with Crippen LogP contribution in [0.5, 0.6) is 0 Å². The second kappa shape index (κ2) is 4.92. The summed E-state index contributed by atoms with van der Waals surface area (Å²) in [7, 11) is 0. The van der Waals surface area contributed by atoms with E-state index in [0.29, 0.717) is 13.0 Å². The van der Waals surface area contributed by atoms with Gasteiger partial charge in [0.25, 0.3) is 0 Å². The van der Waals surface area contributed by atoms with Crippen molar-refractivity contribution in [2.45, 2.75) is 25.0 Å². The van der Waals surface area contributed by atoms with Gasteiger partial charge in [-0.25, -0.2) is 4.79 Å². The van der Waals surface area contributed by atoms with E-state index in [1.807, 2.05) is 0 Å². The van der Waals surface area contributed by atoms with E-state index in [0.717, 1.165) is 6.42 Å². The summed E-state index contributed by atoms with van der Waals surface area (Å²) in [5, 5.41) is 19.4. The second-order valence-corrected chi connectivity index (χ2v) is 3.08. The molecule has 6 heteroatoms. The minimum absolute atomic E-state index is 0.469. The lowest BCUT2D eigenvalue weighted by Crippen LogP contribution is -2.47. The van der Waals surface area contributed by atoms with Crippen molar-refractivity contribution in [1.82, 2.24) is 5.32 Å². The molecule has 0 spiro atoms. The number of hydrogen-bond donors (Lipinski definition) is 3. The highest BCUT2D eigenvalue weighted by molar-refractivity contribution is 5.86. The van der Waals surface area contributed by atoms with Crippen LogP contribution in [-0.4, -0.2) is 47.4 Å². The molecule has 0 bridgehead atoms. The Morgan fingerprint density at radius 1 is 1.57 bits per heavy atom. The van der Waals surface area contributed by atoms with Gasteiger partial charge in [-0.3, -0.25) is 4.79 Å². The third kappa shape index (κ3) is 2.68. The van der Waals surface area contributed by atoms with Crippen LogP contribution in [0.1, 0.15) is 12.8 Å². The second-order valence-electron chi connectivity index (χ2n) is 3.08. The first kappa shape index (κ1) is 10.9. The van der Waals surface area contributed by atoms with Gasteiger partial charge in [-0.2, -0.15) is 0 Å². The molecule has 1 fully saturated rings. The lowest BCUT2D eigenvalue weighted by atomic mass is 10.2. The minimum Gasteiger partial charge on any atom is -0.480 e. The number of carbonyl (C=O) groups excluding carboxylic acids is 1. The van der Waals surface area contributed by atoms with Gasteiger partial charge in [-0.15, -0.1) is 0 Å². The number of carbonyl (C=O) groups is 2. The molecule has 1 saturated heterocycles. The normalized spacial score (nSPS) is 23.1. The molecule has 6 nitrogen and oxygen atoms in total. The molecule has 1 amide bonds. The first-order valence-electron chi connectivity index (χ1n) is 4.40. The van der Waals surface area contributed by atoms with E-state index >= 15 is 0 Å². The third-order valence-electron chi connectivity index (χ3n) is 2.02. The van der Waals surface area contributed by atoms with Gasteiger partial charge in [0.15, 0.2) is 0 Å². The zero-order valence-electron chi connectivity index (χ0n) is 7.60. The summed E-state index contributed by atoms with van der Waals surface area (Å²) in [5.74, 6) is -1.72. The molecule has 80 valence electrons. The molecule has 0 aromatic carbocycles. The monoisotopic (exact) mass is 203 g/mol. The molecule has 1 unspecified atom stereocenters. The summed E-state index contributed by atoms with van der Waals surface area (Å²) in [6.45, 7) is -0.0945. The van der Waals surface area contributed by atoms with Crippen molar-refractivity contribution < 1.29 is 24.5 Å². The number of carboxylic acid groups (broad SMARTS) is 1. The summed E-state index contributed by atoms with van der Waals surface area (Å²) in [6.07, 6.45) is 0.835. The smallest absolute Gasteiger partial charge is 0.328 e. The Morgan fingerprint density at radius 2 is 2.29 bits per heavy atom. The summed E-state index contributed by atoms with van der Waals surface area (Å²) >= 11 is 0. The van der Waals surface area contributed by atoms with Crippen LogP contribution >= 0.6 is 0 Å². The van der Waals surface area contributed by atoms with Gasteiger partial charge in [0.2, 0.25) is 5.91 Å². The van der Waals surface area contributed by atoms with Gasteiger partial charge < -0.3 is 20.3 Å². The molecule has 1 heterocycles. The number of aliphatic hydroxyl groups is 1. The number of hydrogen-bond acceptors (Lipinski definition) is 4. The van der Waals surface area contributed by atoms with Gasteiger partial charge >= 0.3 is 5.97 Å². The molecular formula is C8H13NO5. The van der Waals surface area contributed by atoms with Crippen LogP contribution in [0.15, 0.2) is 0 Å². The first-order valence-corrected chi connectivity index (χ1v) is 4.40. The van der Waals surface area contributed by atoms with E-state index in [9.17, 15) is 9.59 Å². The molecule has 14 heavy (non-hydrogen) atoms. The Morgan fingerprint density at radius 3 is 2.71 bits per heavy atom. The van der Waals surface area contributed by atoms with Gasteiger partial charge in [-0.1, -0.05) is 0 Å². The van der Waals surface area contributed by atoms with Gasteiger partial charge in [0, 0.05) is 6.61 Å². The summed E-state index contributed by atoms with van der Waals surface area (Å²) in [4.78, 5) is 21.8. The van der Waals surface area contributed by atoms with Crippen molar-refractivity contribution in [1.29, 1.82) is 0 Å². The minimum atomic E-state index is -1.25. The molecular weight excluding hydrogens is 190 g/mol. The highest BCUT2D eigenvalue weighted by Gasteiger charge is 2.27. The topological polar surface area (TPSA) is 95.9 Å². The summed E-state index contributed by atoms with van der Waals surface area (Å²) in [6, 6.07) is -1.24. The molecule has 1 aliphatic rings. The van der Waals surface area contributed by atoms with Gasteiger partial charge in [0.05, 0.1) is 6.61 Å².